The summed E-state index contributed by atoms with van der Waals surface area (Å²) in [6.07, 6.45) is 2.82. The van der Waals surface area contributed by atoms with Crippen LogP contribution >= 0.6 is 0 Å². The molecule has 0 spiro atoms. The van der Waals surface area contributed by atoms with Crippen LogP contribution in [0.15, 0.2) is 30.5 Å². The molecule has 2 aromatic rings. The molecule has 0 saturated carbocycles. The average molecular weight is 259 g/mol. The lowest BCUT2D eigenvalue weighted by molar-refractivity contribution is 0.420. The molecule has 1 aromatic carbocycles. The highest BCUT2D eigenvalue weighted by atomic mass is 16.5. The molecule has 0 radical (unpaired) electrons. The largest absolute Gasteiger partial charge is 0.496 e. The third-order valence-electron chi connectivity index (χ3n) is 3.26. The predicted octanol–water partition coefficient (Wildman–Crippen LogP) is 2.64. The maximum Gasteiger partial charge on any atom is 0.133 e. The van der Waals surface area contributed by atoms with E-state index in [1.807, 2.05) is 18.2 Å². The molecule has 1 unspecified atom stereocenters. The van der Waals surface area contributed by atoms with Crippen LogP contribution in [0.4, 0.5) is 5.82 Å². The summed E-state index contributed by atoms with van der Waals surface area (Å²) in [5, 5.41) is 5.56. The van der Waals surface area contributed by atoms with Gasteiger partial charge >= 0.3 is 0 Å². The fourth-order valence-electron chi connectivity index (χ4n) is 2.15. The number of nitrogens with zero attached hydrogens (tertiary/aromatic N) is 1. The van der Waals surface area contributed by atoms with Gasteiger partial charge in [0.1, 0.15) is 11.6 Å². The monoisotopic (exact) mass is 259 g/mol. The van der Waals surface area contributed by atoms with Crippen molar-refractivity contribution >= 4 is 16.6 Å². The predicted molar refractivity (Wildman–Crippen MR) is 79.6 cm³/mol. The highest BCUT2D eigenvalue weighted by Crippen LogP contribution is 2.29. The minimum absolute atomic E-state index is 0.535. The third-order valence-corrected chi connectivity index (χ3v) is 3.26. The molecule has 102 valence electrons. The summed E-state index contributed by atoms with van der Waals surface area (Å²) in [5.41, 5.74) is 5.57. The van der Waals surface area contributed by atoms with Gasteiger partial charge in [-0.1, -0.05) is 19.1 Å². The summed E-state index contributed by atoms with van der Waals surface area (Å²) in [7, 11) is 1.69. The van der Waals surface area contributed by atoms with Crippen molar-refractivity contribution in [2.24, 2.45) is 11.7 Å². The molecular weight excluding hydrogens is 238 g/mol. The van der Waals surface area contributed by atoms with Gasteiger partial charge in [-0.3, -0.25) is 0 Å². The number of fused-ring (bicyclic) bond motifs is 1. The quantitative estimate of drug-likeness (QED) is 0.837. The number of anilines is 1. The van der Waals surface area contributed by atoms with Gasteiger partial charge in [0.15, 0.2) is 0 Å². The SMILES string of the molecule is COc1cccc2c(NCC(C)CCN)nccc12. The average Bonchev–Trinajstić information content (AvgIpc) is 2.44. The van der Waals surface area contributed by atoms with Crippen molar-refractivity contribution in [2.75, 3.05) is 25.5 Å². The van der Waals surface area contributed by atoms with Crippen molar-refractivity contribution in [1.29, 1.82) is 0 Å². The Balaban J connectivity index is 2.24. The number of nitrogens with one attached hydrogen (secondary N) is 1. The minimum atomic E-state index is 0.535. The lowest BCUT2D eigenvalue weighted by Gasteiger charge is -2.14. The molecule has 1 heterocycles. The van der Waals surface area contributed by atoms with Crippen LogP contribution in [0.1, 0.15) is 13.3 Å². The number of hydrogen-bond donors (Lipinski definition) is 2. The van der Waals surface area contributed by atoms with Gasteiger partial charge in [0, 0.05) is 23.5 Å². The Morgan fingerprint density at radius 1 is 1.32 bits per heavy atom. The van der Waals surface area contributed by atoms with Gasteiger partial charge < -0.3 is 15.8 Å². The van der Waals surface area contributed by atoms with Gasteiger partial charge in [0.25, 0.3) is 0 Å². The second kappa shape index (κ2) is 6.38. The normalized spacial score (nSPS) is 12.4. The number of nitrogens with two attached hydrogens (primary N) is 1. The van der Waals surface area contributed by atoms with E-state index >= 15 is 0 Å². The fraction of sp³-hybridized carbons (Fsp3) is 0.400. The van der Waals surface area contributed by atoms with E-state index in [-0.39, 0.29) is 0 Å². The van der Waals surface area contributed by atoms with E-state index in [0.29, 0.717) is 5.92 Å². The zero-order chi connectivity index (χ0) is 13.7. The van der Waals surface area contributed by atoms with Crippen LogP contribution in [0.2, 0.25) is 0 Å². The zero-order valence-electron chi connectivity index (χ0n) is 11.5. The fourth-order valence-corrected chi connectivity index (χ4v) is 2.15. The van der Waals surface area contributed by atoms with Crippen LogP contribution in [0.25, 0.3) is 10.8 Å². The lowest BCUT2D eigenvalue weighted by Crippen LogP contribution is -2.15. The van der Waals surface area contributed by atoms with Crippen molar-refractivity contribution in [3.8, 4) is 5.75 Å². The van der Waals surface area contributed by atoms with E-state index in [1.54, 1.807) is 13.3 Å². The van der Waals surface area contributed by atoms with E-state index in [2.05, 4.69) is 23.3 Å². The molecular formula is C15H21N3O. The summed E-state index contributed by atoms with van der Waals surface area (Å²) in [6.45, 7) is 3.78. The van der Waals surface area contributed by atoms with Gasteiger partial charge in [0.2, 0.25) is 0 Å². The van der Waals surface area contributed by atoms with Crippen molar-refractivity contribution in [1.82, 2.24) is 4.98 Å². The number of pyridine rings is 1. The smallest absolute Gasteiger partial charge is 0.133 e. The Bertz CT molecular complexity index is 542. The lowest BCUT2D eigenvalue weighted by atomic mass is 10.1. The third kappa shape index (κ3) is 3.15. The standard InChI is InChI=1S/C15H21N3O/c1-11(6-8-16)10-18-15-13-4-3-5-14(19-2)12(13)7-9-17-15/h3-5,7,9,11H,6,8,10,16H2,1-2H3,(H,17,18). The molecule has 0 saturated heterocycles. The first-order valence-corrected chi connectivity index (χ1v) is 6.62. The zero-order valence-corrected chi connectivity index (χ0v) is 11.5. The Kier molecular flexibility index (Phi) is 4.58. The molecule has 0 aliphatic rings. The molecule has 1 aromatic heterocycles. The second-order valence-corrected chi connectivity index (χ2v) is 4.78. The number of rotatable bonds is 6. The van der Waals surface area contributed by atoms with Crippen LogP contribution in [0.5, 0.6) is 5.75 Å². The van der Waals surface area contributed by atoms with Crippen molar-refractivity contribution in [3.63, 3.8) is 0 Å². The number of hydrogen-bond acceptors (Lipinski definition) is 4. The van der Waals surface area contributed by atoms with E-state index < -0.39 is 0 Å². The van der Waals surface area contributed by atoms with Gasteiger partial charge in [-0.25, -0.2) is 4.98 Å². The van der Waals surface area contributed by atoms with E-state index in [0.717, 1.165) is 41.9 Å². The minimum Gasteiger partial charge on any atom is -0.496 e. The Labute approximate surface area is 114 Å². The van der Waals surface area contributed by atoms with E-state index in [1.165, 1.54) is 0 Å². The maximum absolute atomic E-state index is 5.57. The first-order valence-electron chi connectivity index (χ1n) is 6.62. The van der Waals surface area contributed by atoms with Crippen molar-refractivity contribution < 1.29 is 4.74 Å². The van der Waals surface area contributed by atoms with Crippen LogP contribution < -0.4 is 15.8 Å². The summed E-state index contributed by atoms with van der Waals surface area (Å²) in [5.74, 6) is 2.31. The van der Waals surface area contributed by atoms with Crippen LogP contribution in [0.3, 0.4) is 0 Å². The molecule has 0 aliphatic heterocycles. The molecule has 0 fully saturated rings. The molecule has 0 bridgehead atoms. The Hall–Kier alpha value is -1.81. The van der Waals surface area contributed by atoms with Crippen molar-refractivity contribution in [2.45, 2.75) is 13.3 Å². The topological polar surface area (TPSA) is 60.2 Å². The first-order chi connectivity index (χ1) is 9.26. The highest BCUT2D eigenvalue weighted by molar-refractivity contribution is 5.95. The Morgan fingerprint density at radius 3 is 2.89 bits per heavy atom. The molecule has 19 heavy (non-hydrogen) atoms. The van der Waals surface area contributed by atoms with Crippen LogP contribution in [-0.4, -0.2) is 25.2 Å². The summed E-state index contributed by atoms with van der Waals surface area (Å²) >= 11 is 0. The summed E-state index contributed by atoms with van der Waals surface area (Å²) in [4.78, 5) is 4.42. The number of ether oxygens (including phenoxy) is 1. The summed E-state index contributed by atoms with van der Waals surface area (Å²) in [6, 6.07) is 7.98. The number of methoxy groups -OCH3 is 1. The molecule has 3 N–H and O–H groups in total. The van der Waals surface area contributed by atoms with Crippen LogP contribution in [-0.2, 0) is 0 Å². The van der Waals surface area contributed by atoms with Gasteiger partial charge in [-0.15, -0.1) is 0 Å². The summed E-state index contributed by atoms with van der Waals surface area (Å²) < 4.78 is 5.37. The maximum atomic E-state index is 5.57. The van der Waals surface area contributed by atoms with E-state index in [9.17, 15) is 0 Å². The molecule has 2 rings (SSSR count). The molecule has 4 heteroatoms. The van der Waals surface area contributed by atoms with Crippen molar-refractivity contribution in [3.05, 3.63) is 30.5 Å². The molecule has 0 aliphatic carbocycles. The van der Waals surface area contributed by atoms with E-state index in [4.69, 9.17) is 10.5 Å². The van der Waals surface area contributed by atoms with Gasteiger partial charge in [-0.05, 0) is 31.0 Å². The molecule has 4 nitrogen and oxygen atoms in total. The number of aromatic nitrogens is 1. The first kappa shape index (κ1) is 13.6. The molecule has 1 atom stereocenters. The number of benzene rings is 1. The highest BCUT2D eigenvalue weighted by Gasteiger charge is 2.07. The molecule has 0 amide bonds. The Morgan fingerprint density at radius 2 is 2.16 bits per heavy atom. The van der Waals surface area contributed by atoms with Gasteiger partial charge in [0.05, 0.1) is 7.11 Å². The van der Waals surface area contributed by atoms with Crippen LogP contribution in [0, 0.1) is 5.92 Å². The second-order valence-electron chi connectivity index (χ2n) is 4.78. The van der Waals surface area contributed by atoms with Gasteiger partial charge in [-0.2, -0.15) is 0 Å².